The quantitative estimate of drug-likeness (QED) is 0.539. The molecule has 3 aromatic rings. The number of aryl methyl sites for hydroxylation is 1. The molecule has 3 N–H and O–H groups in total. The van der Waals surface area contributed by atoms with Gasteiger partial charge in [-0.15, -0.1) is 0 Å². The first kappa shape index (κ1) is 20.9. The van der Waals surface area contributed by atoms with Crippen LogP contribution < -0.4 is 11.1 Å². The molecule has 1 aromatic heterocycles. The van der Waals surface area contributed by atoms with Gasteiger partial charge >= 0.3 is 0 Å². The monoisotopic (exact) mass is 402 g/mol. The Kier molecular flexibility index (Phi) is 6.56. The SMILES string of the molecule is CCOCCn1c(CNCC(N)=O)nc2cc(F)c(-c3ccc(F)c(C)c3)cc21. The molecule has 0 aliphatic carbocycles. The molecule has 29 heavy (non-hydrogen) atoms. The van der Waals surface area contributed by atoms with Gasteiger partial charge in [-0.1, -0.05) is 6.07 Å². The molecule has 8 heteroatoms. The van der Waals surface area contributed by atoms with Crippen LogP contribution in [0, 0.1) is 18.6 Å². The van der Waals surface area contributed by atoms with Gasteiger partial charge in [-0.25, -0.2) is 13.8 Å². The molecule has 0 spiro atoms. The Morgan fingerprint density at radius 1 is 1.24 bits per heavy atom. The highest BCUT2D eigenvalue weighted by molar-refractivity contribution is 5.83. The number of fused-ring (bicyclic) bond motifs is 1. The normalized spacial score (nSPS) is 11.3. The molecule has 0 fully saturated rings. The van der Waals surface area contributed by atoms with Gasteiger partial charge in [0, 0.05) is 24.8 Å². The Morgan fingerprint density at radius 3 is 2.72 bits per heavy atom. The van der Waals surface area contributed by atoms with E-state index in [0.717, 1.165) is 5.52 Å². The predicted octanol–water partition coefficient (Wildman–Crippen LogP) is 2.90. The first-order valence-electron chi connectivity index (χ1n) is 9.42. The Labute approximate surface area is 167 Å². The van der Waals surface area contributed by atoms with Crippen LogP contribution in [0.2, 0.25) is 0 Å². The maximum Gasteiger partial charge on any atom is 0.231 e. The van der Waals surface area contributed by atoms with Crippen LogP contribution in [0.5, 0.6) is 0 Å². The van der Waals surface area contributed by atoms with Gasteiger partial charge in [0.1, 0.15) is 17.5 Å². The average molecular weight is 402 g/mol. The van der Waals surface area contributed by atoms with Gasteiger partial charge in [0.05, 0.1) is 30.7 Å². The summed E-state index contributed by atoms with van der Waals surface area (Å²) in [6.45, 7) is 5.44. The van der Waals surface area contributed by atoms with E-state index in [4.69, 9.17) is 10.5 Å². The number of carbonyl (C=O) groups is 1. The molecule has 154 valence electrons. The number of nitrogens with one attached hydrogen (secondary N) is 1. The number of benzene rings is 2. The van der Waals surface area contributed by atoms with Crippen LogP contribution in [-0.4, -0.2) is 35.2 Å². The third-order valence-electron chi connectivity index (χ3n) is 4.63. The molecule has 0 saturated heterocycles. The molecule has 6 nitrogen and oxygen atoms in total. The van der Waals surface area contributed by atoms with Gasteiger partial charge in [-0.3, -0.25) is 4.79 Å². The highest BCUT2D eigenvalue weighted by Gasteiger charge is 2.16. The van der Waals surface area contributed by atoms with E-state index >= 15 is 0 Å². The number of halogens is 2. The fourth-order valence-electron chi connectivity index (χ4n) is 3.21. The van der Waals surface area contributed by atoms with Crippen molar-refractivity contribution < 1.29 is 18.3 Å². The number of imidazole rings is 1. The largest absolute Gasteiger partial charge is 0.380 e. The summed E-state index contributed by atoms with van der Waals surface area (Å²) in [7, 11) is 0. The van der Waals surface area contributed by atoms with E-state index < -0.39 is 11.7 Å². The van der Waals surface area contributed by atoms with Crippen molar-refractivity contribution in [2.75, 3.05) is 19.8 Å². The summed E-state index contributed by atoms with van der Waals surface area (Å²) in [6, 6.07) is 7.60. The Hall–Kier alpha value is -2.84. The molecular formula is C21H24F2N4O2. The highest BCUT2D eigenvalue weighted by Crippen LogP contribution is 2.29. The van der Waals surface area contributed by atoms with Crippen LogP contribution in [0.3, 0.4) is 0 Å². The number of hydrogen-bond donors (Lipinski definition) is 2. The van der Waals surface area contributed by atoms with Gasteiger partial charge in [0.25, 0.3) is 0 Å². The van der Waals surface area contributed by atoms with Crippen LogP contribution in [0.15, 0.2) is 30.3 Å². The van der Waals surface area contributed by atoms with Crippen molar-refractivity contribution in [3.63, 3.8) is 0 Å². The highest BCUT2D eigenvalue weighted by atomic mass is 19.1. The fourth-order valence-corrected chi connectivity index (χ4v) is 3.21. The van der Waals surface area contributed by atoms with Crippen molar-refractivity contribution in [1.29, 1.82) is 0 Å². The van der Waals surface area contributed by atoms with Gasteiger partial charge in [0.15, 0.2) is 0 Å². The minimum absolute atomic E-state index is 0.0170. The second-order valence-electron chi connectivity index (χ2n) is 6.73. The number of carbonyl (C=O) groups excluding carboxylic acids is 1. The number of primary amides is 1. The van der Waals surface area contributed by atoms with Gasteiger partial charge < -0.3 is 20.4 Å². The van der Waals surface area contributed by atoms with Crippen molar-refractivity contribution in [1.82, 2.24) is 14.9 Å². The predicted molar refractivity (Wildman–Crippen MR) is 107 cm³/mol. The number of nitrogens with zero attached hydrogens (tertiary/aromatic N) is 2. The summed E-state index contributed by atoms with van der Waals surface area (Å²) in [5.41, 5.74) is 7.81. The minimum atomic E-state index is -0.470. The van der Waals surface area contributed by atoms with Crippen LogP contribution in [0.1, 0.15) is 18.3 Å². The standard InChI is InChI=1S/C21H24F2N4O2/c1-3-29-7-6-27-19-9-15(14-4-5-16(22)13(2)8-14)17(23)10-18(19)26-21(27)12-25-11-20(24)28/h4-5,8-10,25H,3,6-7,11-12H2,1-2H3,(H2,24,28). The zero-order valence-corrected chi connectivity index (χ0v) is 16.5. The van der Waals surface area contributed by atoms with Gasteiger partial charge in [0.2, 0.25) is 5.91 Å². The van der Waals surface area contributed by atoms with Crippen molar-refractivity contribution in [2.45, 2.75) is 26.9 Å². The van der Waals surface area contributed by atoms with E-state index in [9.17, 15) is 13.6 Å². The minimum Gasteiger partial charge on any atom is -0.380 e. The molecule has 0 unspecified atom stereocenters. The lowest BCUT2D eigenvalue weighted by Crippen LogP contribution is -2.29. The van der Waals surface area contributed by atoms with Gasteiger partial charge in [-0.2, -0.15) is 0 Å². The van der Waals surface area contributed by atoms with Crippen molar-refractivity contribution >= 4 is 16.9 Å². The van der Waals surface area contributed by atoms with Gasteiger partial charge in [-0.05, 0) is 43.2 Å². The number of aromatic nitrogens is 2. The van der Waals surface area contributed by atoms with E-state index in [1.54, 1.807) is 25.1 Å². The van der Waals surface area contributed by atoms with E-state index in [1.165, 1.54) is 12.1 Å². The summed E-state index contributed by atoms with van der Waals surface area (Å²) in [4.78, 5) is 15.5. The molecule has 0 aliphatic rings. The molecule has 0 radical (unpaired) electrons. The number of rotatable bonds is 9. The zero-order valence-electron chi connectivity index (χ0n) is 16.5. The number of ether oxygens (including phenoxy) is 1. The lowest BCUT2D eigenvalue weighted by molar-refractivity contribution is -0.117. The van der Waals surface area contributed by atoms with Crippen LogP contribution in [0.25, 0.3) is 22.2 Å². The van der Waals surface area contributed by atoms with Crippen molar-refractivity contribution in [3.8, 4) is 11.1 Å². The third-order valence-corrected chi connectivity index (χ3v) is 4.63. The number of nitrogens with two attached hydrogens (primary N) is 1. The summed E-state index contributed by atoms with van der Waals surface area (Å²) < 4.78 is 35.8. The first-order valence-corrected chi connectivity index (χ1v) is 9.42. The van der Waals surface area contributed by atoms with E-state index in [0.29, 0.717) is 54.3 Å². The molecule has 0 saturated carbocycles. The van der Waals surface area contributed by atoms with Crippen LogP contribution in [0.4, 0.5) is 8.78 Å². The second-order valence-corrected chi connectivity index (χ2v) is 6.73. The molecule has 0 bridgehead atoms. The van der Waals surface area contributed by atoms with E-state index in [1.807, 2.05) is 11.5 Å². The van der Waals surface area contributed by atoms with E-state index in [-0.39, 0.29) is 12.4 Å². The Bertz CT molecular complexity index is 1030. The number of amides is 1. The molecule has 2 aromatic carbocycles. The smallest absolute Gasteiger partial charge is 0.231 e. The molecule has 3 rings (SSSR count). The summed E-state index contributed by atoms with van der Waals surface area (Å²) >= 11 is 0. The molecule has 0 atom stereocenters. The average Bonchev–Trinajstić information content (AvgIpc) is 2.99. The number of hydrogen-bond acceptors (Lipinski definition) is 4. The topological polar surface area (TPSA) is 82.2 Å². The summed E-state index contributed by atoms with van der Waals surface area (Å²) in [5, 5.41) is 2.93. The third kappa shape index (κ3) is 4.78. The summed E-state index contributed by atoms with van der Waals surface area (Å²) in [6.07, 6.45) is 0. The van der Waals surface area contributed by atoms with Crippen molar-refractivity contribution in [3.05, 3.63) is 53.4 Å². The van der Waals surface area contributed by atoms with Crippen LogP contribution >= 0.6 is 0 Å². The zero-order chi connectivity index (χ0) is 21.0. The van der Waals surface area contributed by atoms with Crippen molar-refractivity contribution in [2.24, 2.45) is 5.73 Å². The Balaban J connectivity index is 2.04. The van der Waals surface area contributed by atoms with Crippen LogP contribution in [-0.2, 0) is 22.6 Å². The maximum absolute atomic E-state index is 14.8. The molecule has 1 heterocycles. The fraction of sp³-hybridized carbons (Fsp3) is 0.333. The first-order chi connectivity index (χ1) is 13.9. The lowest BCUT2D eigenvalue weighted by Gasteiger charge is -2.11. The Morgan fingerprint density at radius 2 is 2.03 bits per heavy atom. The molecular weight excluding hydrogens is 378 g/mol. The van der Waals surface area contributed by atoms with E-state index in [2.05, 4.69) is 10.3 Å². The molecule has 1 amide bonds. The summed E-state index contributed by atoms with van der Waals surface area (Å²) in [5.74, 6) is -0.593. The lowest BCUT2D eigenvalue weighted by atomic mass is 10.0. The maximum atomic E-state index is 14.8. The molecule has 0 aliphatic heterocycles. The second kappa shape index (κ2) is 9.11.